The van der Waals surface area contributed by atoms with Crippen LogP contribution in [0.25, 0.3) is 0 Å². The molecule has 0 aliphatic rings. The van der Waals surface area contributed by atoms with Gasteiger partial charge in [0.05, 0.1) is 6.10 Å². The molecule has 3 heteroatoms. The monoisotopic (exact) mass is 158 g/mol. The summed E-state index contributed by atoms with van der Waals surface area (Å²) in [7, 11) is 0. The van der Waals surface area contributed by atoms with E-state index >= 15 is 0 Å². The van der Waals surface area contributed by atoms with Crippen LogP contribution in [0.5, 0.6) is 0 Å². The third-order valence-electron chi connectivity index (χ3n) is 2.30. The van der Waals surface area contributed by atoms with Crippen LogP contribution >= 0.6 is 0 Å². The topological polar surface area (TPSA) is 54.4 Å². The van der Waals surface area contributed by atoms with Crippen LogP contribution in [0.3, 0.4) is 0 Å². The molecule has 0 heterocycles. The number of ketones is 2. The van der Waals surface area contributed by atoms with Crippen molar-refractivity contribution in [2.75, 3.05) is 0 Å². The van der Waals surface area contributed by atoms with Gasteiger partial charge >= 0.3 is 0 Å². The standard InChI is InChI=1S/C8H14O3/c1-5(9)8(4,6(2)10)7(3)11/h5,9H,1-4H3. The first-order valence-corrected chi connectivity index (χ1v) is 3.53. The fraction of sp³-hybridized carbons (Fsp3) is 0.750. The van der Waals surface area contributed by atoms with E-state index in [1.54, 1.807) is 0 Å². The van der Waals surface area contributed by atoms with Crippen LogP contribution in [0, 0.1) is 5.41 Å². The molecule has 0 radical (unpaired) electrons. The van der Waals surface area contributed by atoms with Crippen molar-refractivity contribution in [3.05, 3.63) is 0 Å². The molecule has 0 aromatic rings. The number of carbonyl (C=O) groups is 2. The normalized spacial score (nSPS) is 14.3. The van der Waals surface area contributed by atoms with Gasteiger partial charge in [0.25, 0.3) is 0 Å². The van der Waals surface area contributed by atoms with Crippen LogP contribution < -0.4 is 0 Å². The van der Waals surface area contributed by atoms with Gasteiger partial charge in [-0.15, -0.1) is 0 Å². The van der Waals surface area contributed by atoms with Crippen LogP contribution in [0.4, 0.5) is 0 Å². The maximum absolute atomic E-state index is 11.0. The third-order valence-corrected chi connectivity index (χ3v) is 2.30. The zero-order valence-electron chi connectivity index (χ0n) is 7.34. The smallest absolute Gasteiger partial charge is 0.145 e. The Balaban J connectivity index is 4.82. The number of aliphatic hydroxyl groups is 1. The summed E-state index contributed by atoms with van der Waals surface area (Å²) in [4.78, 5) is 21.9. The van der Waals surface area contributed by atoms with E-state index < -0.39 is 11.5 Å². The predicted molar refractivity (Wildman–Crippen MR) is 41.1 cm³/mol. The molecule has 0 fully saturated rings. The van der Waals surface area contributed by atoms with Gasteiger partial charge in [0.2, 0.25) is 0 Å². The van der Waals surface area contributed by atoms with E-state index in [2.05, 4.69) is 0 Å². The van der Waals surface area contributed by atoms with Crippen molar-refractivity contribution < 1.29 is 14.7 Å². The molecule has 1 unspecified atom stereocenters. The first-order chi connectivity index (χ1) is 4.83. The highest BCUT2D eigenvalue weighted by Crippen LogP contribution is 2.23. The molecule has 0 saturated heterocycles. The maximum Gasteiger partial charge on any atom is 0.145 e. The summed E-state index contributed by atoms with van der Waals surface area (Å²) in [6.07, 6.45) is -0.919. The Morgan fingerprint density at radius 3 is 1.55 bits per heavy atom. The summed E-state index contributed by atoms with van der Waals surface area (Å²) in [6.45, 7) is 5.54. The molecule has 0 saturated carbocycles. The Morgan fingerprint density at radius 1 is 1.27 bits per heavy atom. The summed E-state index contributed by atoms with van der Waals surface area (Å²) >= 11 is 0. The molecule has 0 rings (SSSR count). The Morgan fingerprint density at radius 2 is 1.55 bits per heavy atom. The SMILES string of the molecule is CC(=O)C(C)(C(C)=O)C(C)O. The Hall–Kier alpha value is -0.700. The van der Waals surface area contributed by atoms with Crippen molar-refractivity contribution in [2.24, 2.45) is 5.41 Å². The van der Waals surface area contributed by atoms with Gasteiger partial charge in [0, 0.05) is 0 Å². The van der Waals surface area contributed by atoms with Crippen LogP contribution in [0.15, 0.2) is 0 Å². The molecule has 0 aliphatic heterocycles. The van der Waals surface area contributed by atoms with Crippen molar-refractivity contribution in [3.8, 4) is 0 Å². The average Bonchev–Trinajstić information content (AvgIpc) is 1.84. The van der Waals surface area contributed by atoms with Crippen molar-refractivity contribution in [2.45, 2.75) is 33.8 Å². The first-order valence-electron chi connectivity index (χ1n) is 3.53. The minimum absolute atomic E-state index is 0.292. The molecule has 3 nitrogen and oxygen atoms in total. The molecule has 0 aromatic heterocycles. The van der Waals surface area contributed by atoms with Crippen molar-refractivity contribution in [1.82, 2.24) is 0 Å². The largest absolute Gasteiger partial charge is 0.392 e. The maximum atomic E-state index is 11.0. The predicted octanol–water partition coefficient (Wildman–Crippen LogP) is 0.551. The highest BCUT2D eigenvalue weighted by atomic mass is 16.3. The van der Waals surface area contributed by atoms with Gasteiger partial charge in [0.15, 0.2) is 0 Å². The van der Waals surface area contributed by atoms with Gasteiger partial charge in [-0.05, 0) is 27.7 Å². The van der Waals surface area contributed by atoms with E-state index in [9.17, 15) is 14.7 Å². The number of hydrogen-bond donors (Lipinski definition) is 1. The zero-order valence-corrected chi connectivity index (χ0v) is 7.34. The molecule has 0 aromatic carbocycles. The van der Waals surface area contributed by atoms with Gasteiger partial charge < -0.3 is 5.11 Å². The number of Topliss-reactive ketones (excluding diaryl/α,β-unsaturated/α-hetero) is 2. The lowest BCUT2D eigenvalue weighted by atomic mass is 9.78. The minimum atomic E-state index is -1.22. The molecular weight excluding hydrogens is 144 g/mol. The van der Waals surface area contributed by atoms with E-state index in [1.165, 1.54) is 27.7 Å². The Labute approximate surface area is 66.4 Å². The van der Waals surface area contributed by atoms with Gasteiger partial charge in [-0.3, -0.25) is 9.59 Å². The fourth-order valence-electron chi connectivity index (χ4n) is 0.836. The van der Waals surface area contributed by atoms with E-state index in [0.717, 1.165) is 0 Å². The summed E-state index contributed by atoms with van der Waals surface area (Å²) in [5.41, 5.74) is -1.22. The van der Waals surface area contributed by atoms with E-state index in [-0.39, 0.29) is 11.6 Å². The fourth-order valence-corrected chi connectivity index (χ4v) is 0.836. The van der Waals surface area contributed by atoms with Crippen LogP contribution in [-0.4, -0.2) is 22.8 Å². The van der Waals surface area contributed by atoms with Crippen LogP contribution in [0.1, 0.15) is 27.7 Å². The van der Waals surface area contributed by atoms with Gasteiger partial charge in [0.1, 0.15) is 17.0 Å². The van der Waals surface area contributed by atoms with Gasteiger partial charge in [-0.1, -0.05) is 0 Å². The molecule has 0 aliphatic carbocycles. The van der Waals surface area contributed by atoms with Gasteiger partial charge in [-0.25, -0.2) is 0 Å². The number of hydrogen-bond acceptors (Lipinski definition) is 3. The summed E-state index contributed by atoms with van der Waals surface area (Å²) in [5, 5.41) is 9.17. The second-order valence-corrected chi connectivity index (χ2v) is 2.99. The van der Waals surface area contributed by atoms with E-state index in [0.29, 0.717) is 0 Å². The zero-order chi connectivity index (χ0) is 9.23. The summed E-state index contributed by atoms with van der Waals surface area (Å²) < 4.78 is 0. The van der Waals surface area contributed by atoms with Crippen molar-refractivity contribution >= 4 is 11.6 Å². The molecule has 1 N–H and O–H groups in total. The van der Waals surface area contributed by atoms with Crippen LogP contribution in [-0.2, 0) is 9.59 Å². The molecule has 0 bridgehead atoms. The van der Waals surface area contributed by atoms with Crippen LogP contribution in [0.2, 0.25) is 0 Å². The van der Waals surface area contributed by atoms with Crippen molar-refractivity contribution in [1.29, 1.82) is 0 Å². The first kappa shape index (κ1) is 10.3. The third kappa shape index (κ3) is 1.66. The minimum Gasteiger partial charge on any atom is -0.392 e. The van der Waals surface area contributed by atoms with Gasteiger partial charge in [-0.2, -0.15) is 0 Å². The molecule has 64 valence electrons. The number of aliphatic hydroxyl groups excluding tert-OH is 1. The number of carbonyl (C=O) groups excluding carboxylic acids is 2. The highest BCUT2D eigenvalue weighted by molar-refractivity contribution is 6.05. The lowest BCUT2D eigenvalue weighted by molar-refractivity contribution is -0.143. The average molecular weight is 158 g/mol. The lowest BCUT2D eigenvalue weighted by Gasteiger charge is -2.26. The van der Waals surface area contributed by atoms with Crippen molar-refractivity contribution in [3.63, 3.8) is 0 Å². The Kier molecular flexibility index (Phi) is 2.93. The highest BCUT2D eigenvalue weighted by Gasteiger charge is 2.39. The second kappa shape index (κ2) is 3.13. The second-order valence-electron chi connectivity index (χ2n) is 2.99. The molecule has 0 spiro atoms. The Bertz CT molecular complexity index is 168. The number of rotatable bonds is 3. The molecule has 11 heavy (non-hydrogen) atoms. The van der Waals surface area contributed by atoms with E-state index in [1.807, 2.05) is 0 Å². The molecule has 0 amide bonds. The summed E-state index contributed by atoms with van der Waals surface area (Å²) in [6, 6.07) is 0. The summed E-state index contributed by atoms with van der Waals surface area (Å²) in [5.74, 6) is -0.583. The molecular formula is C8H14O3. The lowest BCUT2D eigenvalue weighted by Crippen LogP contribution is -2.42. The quantitative estimate of drug-likeness (QED) is 0.610. The molecule has 1 atom stereocenters. The van der Waals surface area contributed by atoms with E-state index in [4.69, 9.17) is 0 Å².